The first-order valence-corrected chi connectivity index (χ1v) is 8.29. The van der Waals surface area contributed by atoms with Crippen molar-refractivity contribution < 1.29 is 4.79 Å². The minimum atomic E-state index is -0.0417. The molecule has 0 saturated heterocycles. The fourth-order valence-electron chi connectivity index (χ4n) is 2.03. The maximum Gasteiger partial charge on any atom is 0.251 e. The van der Waals surface area contributed by atoms with E-state index in [2.05, 4.69) is 50.8 Å². The van der Waals surface area contributed by atoms with Crippen LogP contribution in [0.1, 0.15) is 35.3 Å². The minimum Gasteiger partial charge on any atom is -0.345 e. The lowest BCUT2D eigenvalue weighted by Crippen LogP contribution is -2.28. The number of amides is 1. The van der Waals surface area contributed by atoms with Crippen molar-refractivity contribution in [3.05, 3.63) is 67.7 Å². The van der Waals surface area contributed by atoms with Crippen molar-refractivity contribution in [1.29, 1.82) is 0 Å². The standard InChI is InChI=1S/C16H15BrINO/c1-2-15(11-6-4-3-5-7-11)19-16(20)12-8-13(17)10-14(18)9-12/h3-10,15H,2H2,1H3,(H,19,20)/t15-/m1/s1. The molecular weight excluding hydrogens is 429 g/mol. The van der Waals surface area contributed by atoms with E-state index >= 15 is 0 Å². The highest BCUT2D eigenvalue weighted by molar-refractivity contribution is 14.1. The van der Waals surface area contributed by atoms with Crippen LogP contribution >= 0.6 is 38.5 Å². The molecule has 0 unspecified atom stereocenters. The maximum atomic E-state index is 12.4. The van der Waals surface area contributed by atoms with Crippen molar-refractivity contribution in [2.75, 3.05) is 0 Å². The quantitative estimate of drug-likeness (QED) is 0.666. The van der Waals surface area contributed by atoms with Gasteiger partial charge in [0.1, 0.15) is 0 Å². The van der Waals surface area contributed by atoms with Crippen molar-refractivity contribution in [2.45, 2.75) is 19.4 Å². The molecule has 0 aliphatic heterocycles. The molecule has 0 heterocycles. The second-order valence-corrected chi connectivity index (χ2v) is 6.66. The molecule has 1 atom stereocenters. The van der Waals surface area contributed by atoms with Crippen LogP contribution in [0.4, 0.5) is 0 Å². The van der Waals surface area contributed by atoms with Gasteiger partial charge in [-0.1, -0.05) is 53.2 Å². The van der Waals surface area contributed by atoms with Crippen LogP contribution in [0.15, 0.2) is 53.0 Å². The molecule has 4 heteroatoms. The van der Waals surface area contributed by atoms with Crippen LogP contribution in [-0.2, 0) is 0 Å². The summed E-state index contributed by atoms with van der Waals surface area (Å²) in [5.41, 5.74) is 1.81. The predicted molar refractivity (Wildman–Crippen MR) is 93.8 cm³/mol. The van der Waals surface area contributed by atoms with Gasteiger partial charge < -0.3 is 5.32 Å². The SMILES string of the molecule is CC[C@@H](NC(=O)c1cc(Br)cc(I)c1)c1ccccc1. The molecule has 104 valence electrons. The third-order valence-corrected chi connectivity index (χ3v) is 4.12. The summed E-state index contributed by atoms with van der Waals surface area (Å²) in [4.78, 5) is 12.4. The lowest BCUT2D eigenvalue weighted by molar-refractivity contribution is 0.0935. The Labute approximate surface area is 141 Å². The van der Waals surface area contributed by atoms with Crippen LogP contribution in [-0.4, -0.2) is 5.91 Å². The molecule has 20 heavy (non-hydrogen) atoms. The van der Waals surface area contributed by atoms with Gasteiger partial charge in [0.05, 0.1) is 6.04 Å². The molecular formula is C16H15BrINO. The van der Waals surface area contributed by atoms with Crippen LogP contribution < -0.4 is 5.32 Å². The third-order valence-electron chi connectivity index (χ3n) is 3.04. The first kappa shape index (κ1) is 15.5. The van der Waals surface area contributed by atoms with Gasteiger partial charge in [-0.3, -0.25) is 4.79 Å². The topological polar surface area (TPSA) is 29.1 Å². The normalized spacial score (nSPS) is 11.9. The van der Waals surface area contributed by atoms with Crippen LogP contribution in [0.25, 0.3) is 0 Å². The second-order valence-electron chi connectivity index (χ2n) is 4.50. The van der Waals surface area contributed by atoms with Gasteiger partial charge in [-0.15, -0.1) is 0 Å². The Bertz CT molecular complexity index is 580. The number of hydrogen-bond acceptors (Lipinski definition) is 1. The molecule has 0 aliphatic carbocycles. The Hall–Kier alpha value is -0.880. The monoisotopic (exact) mass is 443 g/mol. The van der Waals surface area contributed by atoms with Crippen LogP contribution in [0, 0.1) is 3.57 Å². The first-order chi connectivity index (χ1) is 9.60. The van der Waals surface area contributed by atoms with Crippen LogP contribution in [0.5, 0.6) is 0 Å². The summed E-state index contributed by atoms with van der Waals surface area (Å²) < 4.78 is 1.96. The zero-order valence-electron chi connectivity index (χ0n) is 11.1. The molecule has 2 nitrogen and oxygen atoms in total. The molecule has 0 fully saturated rings. The Kier molecular flexibility index (Phi) is 5.60. The zero-order chi connectivity index (χ0) is 14.5. The van der Waals surface area contributed by atoms with Gasteiger partial charge in [0.2, 0.25) is 0 Å². The smallest absolute Gasteiger partial charge is 0.251 e. The summed E-state index contributed by atoms with van der Waals surface area (Å²) in [5, 5.41) is 3.09. The van der Waals surface area contributed by atoms with E-state index < -0.39 is 0 Å². The number of benzene rings is 2. The van der Waals surface area contributed by atoms with E-state index in [1.54, 1.807) is 0 Å². The van der Waals surface area contributed by atoms with Crippen molar-refractivity contribution in [3.63, 3.8) is 0 Å². The fourth-order valence-corrected chi connectivity index (χ4v) is 3.63. The molecule has 0 spiro atoms. The number of carbonyl (C=O) groups is 1. The number of nitrogens with one attached hydrogen (secondary N) is 1. The number of rotatable bonds is 4. The van der Waals surface area contributed by atoms with E-state index in [9.17, 15) is 4.79 Å². The molecule has 0 aromatic heterocycles. The second kappa shape index (κ2) is 7.22. The Balaban J connectivity index is 2.17. The molecule has 1 amide bonds. The minimum absolute atomic E-state index is 0.0417. The highest BCUT2D eigenvalue weighted by Crippen LogP contribution is 2.20. The highest BCUT2D eigenvalue weighted by Gasteiger charge is 2.14. The van der Waals surface area contributed by atoms with Gasteiger partial charge in [0, 0.05) is 13.6 Å². The molecule has 0 bridgehead atoms. The van der Waals surface area contributed by atoms with E-state index in [-0.39, 0.29) is 11.9 Å². The Morgan fingerprint density at radius 3 is 2.55 bits per heavy atom. The molecule has 0 radical (unpaired) electrons. The fraction of sp³-hybridized carbons (Fsp3) is 0.188. The average molecular weight is 444 g/mol. The molecule has 1 N–H and O–H groups in total. The van der Waals surface area contributed by atoms with Crippen molar-refractivity contribution in [1.82, 2.24) is 5.32 Å². The van der Waals surface area contributed by atoms with E-state index in [1.165, 1.54) is 0 Å². The number of hydrogen-bond donors (Lipinski definition) is 1. The van der Waals surface area contributed by atoms with Crippen molar-refractivity contribution in [2.24, 2.45) is 0 Å². The van der Waals surface area contributed by atoms with Crippen LogP contribution in [0.3, 0.4) is 0 Å². The zero-order valence-corrected chi connectivity index (χ0v) is 14.8. The van der Waals surface area contributed by atoms with Gasteiger partial charge in [-0.05, 0) is 52.8 Å². The van der Waals surface area contributed by atoms with Gasteiger partial charge in [-0.25, -0.2) is 0 Å². The van der Waals surface area contributed by atoms with Gasteiger partial charge >= 0.3 is 0 Å². The maximum absolute atomic E-state index is 12.4. The molecule has 0 aliphatic rings. The largest absolute Gasteiger partial charge is 0.345 e. The molecule has 2 aromatic rings. The van der Waals surface area contributed by atoms with Crippen molar-refractivity contribution in [3.8, 4) is 0 Å². The Morgan fingerprint density at radius 1 is 1.25 bits per heavy atom. The Morgan fingerprint density at radius 2 is 1.95 bits per heavy atom. The number of carbonyl (C=O) groups excluding carboxylic acids is 1. The van der Waals surface area contributed by atoms with Gasteiger partial charge in [-0.2, -0.15) is 0 Å². The molecule has 2 rings (SSSR count). The summed E-state index contributed by atoms with van der Waals surface area (Å²) in [6.45, 7) is 2.07. The van der Waals surface area contributed by atoms with Gasteiger partial charge in [0.25, 0.3) is 5.91 Å². The summed E-state index contributed by atoms with van der Waals surface area (Å²) in [5.74, 6) is -0.0417. The third kappa shape index (κ3) is 4.06. The summed E-state index contributed by atoms with van der Waals surface area (Å²) in [6, 6.07) is 15.8. The van der Waals surface area contributed by atoms with Crippen molar-refractivity contribution >= 4 is 44.4 Å². The lowest BCUT2D eigenvalue weighted by Gasteiger charge is -2.17. The van der Waals surface area contributed by atoms with E-state index in [0.29, 0.717) is 5.56 Å². The first-order valence-electron chi connectivity index (χ1n) is 6.42. The van der Waals surface area contributed by atoms with E-state index in [1.807, 2.05) is 48.5 Å². The van der Waals surface area contributed by atoms with Gasteiger partial charge in [0.15, 0.2) is 0 Å². The summed E-state index contributed by atoms with van der Waals surface area (Å²) in [7, 11) is 0. The lowest BCUT2D eigenvalue weighted by atomic mass is 10.0. The van der Waals surface area contributed by atoms with Crippen LogP contribution in [0.2, 0.25) is 0 Å². The number of halogens is 2. The predicted octanol–water partition coefficient (Wildman–Crippen LogP) is 4.93. The molecule has 2 aromatic carbocycles. The summed E-state index contributed by atoms with van der Waals surface area (Å²) >= 11 is 5.63. The summed E-state index contributed by atoms with van der Waals surface area (Å²) in [6.07, 6.45) is 0.862. The molecule has 0 saturated carbocycles. The average Bonchev–Trinajstić information content (AvgIpc) is 2.44. The highest BCUT2D eigenvalue weighted by atomic mass is 127. The van der Waals surface area contributed by atoms with E-state index in [4.69, 9.17) is 0 Å². The van der Waals surface area contributed by atoms with E-state index in [0.717, 1.165) is 20.0 Å².